The van der Waals surface area contributed by atoms with Gasteiger partial charge in [0.15, 0.2) is 0 Å². The molecule has 0 fully saturated rings. The van der Waals surface area contributed by atoms with E-state index in [0.29, 0.717) is 18.7 Å². The zero-order chi connectivity index (χ0) is 13.0. The first-order valence-corrected chi connectivity index (χ1v) is 7.62. The largest absolute Gasteiger partial charge is 0.396 e. The smallest absolute Gasteiger partial charge is 0.0431 e. The van der Waals surface area contributed by atoms with Crippen molar-refractivity contribution in [2.75, 3.05) is 6.61 Å². The predicted octanol–water partition coefficient (Wildman–Crippen LogP) is 3.06. The van der Waals surface area contributed by atoms with Gasteiger partial charge in [-0.25, -0.2) is 0 Å². The maximum Gasteiger partial charge on any atom is 0.0431 e. The number of benzene rings is 1. The van der Waals surface area contributed by atoms with E-state index in [0.717, 1.165) is 19.3 Å². The summed E-state index contributed by atoms with van der Waals surface area (Å²) in [6.07, 6.45) is 5.46. The van der Waals surface area contributed by atoms with Crippen LogP contribution in [0.15, 0.2) is 22.7 Å². The van der Waals surface area contributed by atoms with Crippen LogP contribution in [0.5, 0.6) is 0 Å². The van der Waals surface area contributed by atoms with E-state index >= 15 is 0 Å². The number of aryl methyl sites for hydroxylation is 1. The number of rotatable bonds is 5. The van der Waals surface area contributed by atoms with Crippen molar-refractivity contribution >= 4 is 15.9 Å². The van der Waals surface area contributed by atoms with Gasteiger partial charge in [0.1, 0.15) is 0 Å². The van der Waals surface area contributed by atoms with Gasteiger partial charge in [-0.1, -0.05) is 22.0 Å². The molecular weight excluding hydrogens is 290 g/mol. The van der Waals surface area contributed by atoms with Crippen molar-refractivity contribution in [1.29, 1.82) is 0 Å². The molecule has 0 saturated heterocycles. The molecule has 1 aromatic rings. The second-order valence-electron chi connectivity index (χ2n) is 5.29. The topological polar surface area (TPSA) is 32.3 Å². The van der Waals surface area contributed by atoms with Gasteiger partial charge < -0.3 is 10.4 Å². The van der Waals surface area contributed by atoms with Gasteiger partial charge >= 0.3 is 0 Å². The summed E-state index contributed by atoms with van der Waals surface area (Å²) in [6, 6.07) is 7.72. The molecule has 1 aromatic carbocycles. The van der Waals surface area contributed by atoms with Gasteiger partial charge in [-0.05, 0) is 62.3 Å². The van der Waals surface area contributed by atoms with Crippen molar-refractivity contribution in [3.8, 4) is 0 Å². The highest BCUT2D eigenvalue weighted by Gasteiger charge is 2.19. The van der Waals surface area contributed by atoms with Crippen LogP contribution in [0.25, 0.3) is 0 Å². The van der Waals surface area contributed by atoms with Crippen molar-refractivity contribution in [1.82, 2.24) is 5.32 Å². The second kappa shape index (κ2) is 6.69. The van der Waals surface area contributed by atoms with Crippen LogP contribution >= 0.6 is 15.9 Å². The zero-order valence-corrected chi connectivity index (χ0v) is 12.5. The molecule has 0 radical (unpaired) electrons. The summed E-state index contributed by atoms with van der Waals surface area (Å²) in [6.45, 7) is 2.51. The molecule has 2 nitrogen and oxygen atoms in total. The van der Waals surface area contributed by atoms with Crippen LogP contribution in [-0.4, -0.2) is 23.8 Å². The summed E-state index contributed by atoms with van der Waals surface area (Å²) in [5.74, 6) is 0. The monoisotopic (exact) mass is 311 g/mol. The lowest BCUT2D eigenvalue weighted by Gasteiger charge is -2.28. The number of hydrogen-bond donors (Lipinski definition) is 2. The van der Waals surface area contributed by atoms with Crippen molar-refractivity contribution in [2.45, 2.75) is 51.1 Å². The van der Waals surface area contributed by atoms with E-state index in [4.69, 9.17) is 5.11 Å². The van der Waals surface area contributed by atoms with Crippen molar-refractivity contribution in [2.24, 2.45) is 0 Å². The quantitative estimate of drug-likeness (QED) is 0.876. The lowest BCUT2D eigenvalue weighted by Crippen LogP contribution is -2.40. The average molecular weight is 312 g/mol. The van der Waals surface area contributed by atoms with Crippen molar-refractivity contribution in [3.63, 3.8) is 0 Å². The molecule has 1 aliphatic rings. The summed E-state index contributed by atoms with van der Waals surface area (Å²) in [5.41, 5.74) is 2.97. The fourth-order valence-corrected chi connectivity index (χ4v) is 3.16. The molecule has 0 aliphatic heterocycles. The van der Waals surface area contributed by atoms with Gasteiger partial charge in [0.25, 0.3) is 0 Å². The molecule has 2 rings (SSSR count). The Morgan fingerprint density at radius 3 is 3.06 bits per heavy atom. The molecule has 0 aromatic heterocycles. The number of hydrogen-bond acceptors (Lipinski definition) is 2. The molecule has 0 spiro atoms. The molecule has 2 atom stereocenters. The first-order chi connectivity index (χ1) is 8.69. The Kier molecular flexibility index (Phi) is 5.22. The Balaban J connectivity index is 1.89. The average Bonchev–Trinajstić information content (AvgIpc) is 2.36. The zero-order valence-electron chi connectivity index (χ0n) is 11.0. The molecule has 0 heterocycles. The number of nitrogens with one attached hydrogen (secondary N) is 1. The van der Waals surface area contributed by atoms with Crippen LogP contribution in [-0.2, 0) is 12.8 Å². The standard InChI is InChI=1S/C15H22BrNO/c1-11(3-2-8-18)17-15-7-5-12-9-14(16)6-4-13(12)10-15/h4,6,9,11,15,17-18H,2-3,5,7-8,10H2,1H3. The maximum atomic E-state index is 8.84. The van der Waals surface area contributed by atoms with Gasteiger partial charge in [0.05, 0.1) is 0 Å². The molecule has 100 valence electrons. The first-order valence-electron chi connectivity index (χ1n) is 6.83. The fraction of sp³-hybridized carbons (Fsp3) is 0.600. The van der Waals surface area contributed by atoms with E-state index in [1.807, 2.05) is 0 Å². The summed E-state index contributed by atoms with van der Waals surface area (Å²) >= 11 is 3.53. The summed E-state index contributed by atoms with van der Waals surface area (Å²) in [7, 11) is 0. The van der Waals surface area contributed by atoms with Crippen molar-refractivity contribution < 1.29 is 5.11 Å². The van der Waals surface area contributed by atoms with E-state index in [1.54, 1.807) is 0 Å². The Morgan fingerprint density at radius 1 is 1.44 bits per heavy atom. The third kappa shape index (κ3) is 3.81. The van der Waals surface area contributed by atoms with E-state index in [9.17, 15) is 0 Å². The Hall–Kier alpha value is -0.380. The van der Waals surface area contributed by atoms with Crippen LogP contribution < -0.4 is 5.32 Å². The van der Waals surface area contributed by atoms with E-state index in [-0.39, 0.29) is 0 Å². The number of aliphatic hydroxyl groups is 1. The third-order valence-electron chi connectivity index (χ3n) is 3.71. The maximum absolute atomic E-state index is 8.84. The van der Waals surface area contributed by atoms with E-state index in [2.05, 4.69) is 46.4 Å². The molecule has 0 amide bonds. The van der Waals surface area contributed by atoms with Gasteiger partial charge in [-0.3, -0.25) is 0 Å². The fourth-order valence-electron chi connectivity index (χ4n) is 2.75. The minimum atomic E-state index is 0.299. The highest BCUT2D eigenvalue weighted by atomic mass is 79.9. The summed E-state index contributed by atoms with van der Waals surface area (Å²) < 4.78 is 1.18. The second-order valence-corrected chi connectivity index (χ2v) is 6.20. The van der Waals surface area contributed by atoms with Gasteiger partial charge in [0.2, 0.25) is 0 Å². The van der Waals surface area contributed by atoms with Crippen LogP contribution in [0.4, 0.5) is 0 Å². The Labute approximate surface area is 118 Å². The van der Waals surface area contributed by atoms with E-state index in [1.165, 1.54) is 28.4 Å². The molecule has 0 bridgehead atoms. The third-order valence-corrected chi connectivity index (χ3v) is 4.21. The minimum absolute atomic E-state index is 0.299. The Bertz CT molecular complexity index is 394. The van der Waals surface area contributed by atoms with Crippen molar-refractivity contribution in [3.05, 3.63) is 33.8 Å². The SMILES string of the molecule is CC(CCCO)NC1CCc2cc(Br)ccc2C1. The van der Waals surface area contributed by atoms with E-state index < -0.39 is 0 Å². The lowest BCUT2D eigenvalue weighted by atomic mass is 9.88. The molecule has 0 saturated carbocycles. The molecule has 2 unspecified atom stereocenters. The molecule has 18 heavy (non-hydrogen) atoms. The number of halogens is 1. The lowest BCUT2D eigenvalue weighted by molar-refractivity contribution is 0.272. The summed E-state index contributed by atoms with van der Waals surface area (Å²) in [5, 5.41) is 12.5. The van der Waals surface area contributed by atoms with Gasteiger partial charge in [-0.15, -0.1) is 0 Å². The van der Waals surface area contributed by atoms with Crippen LogP contribution in [0.2, 0.25) is 0 Å². The number of fused-ring (bicyclic) bond motifs is 1. The normalized spacial score (nSPS) is 20.5. The summed E-state index contributed by atoms with van der Waals surface area (Å²) in [4.78, 5) is 0. The van der Waals surface area contributed by atoms with Gasteiger partial charge in [-0.2, -0.15) is 0 Å². The van der Waals surface area contributed by atoms with Crippen LogP contribution in [0.1, 0.15) is 37.3 Å². The van der Waals surface area contributed by atoms with Crippen LogP contribution in [0, 0.1) is 0 Å². The molecule has 2 N–H and O–H groups in total. The highest BCUT2D eigenvalue weighted by Crippen LogP contribution is 2.25. The van der Waals surface area contributed by atoms with Crippen LogP contribution in [0.3, 0.4) is 0 Å². The Morgan fingerprint density at radius 2 is 2.28 bits per heavy atom. The molecule has 3 heteroatoms. The molecule has 1 aliphatic carbocycles. The minimum Gasteiger partial charge on any atom is -0.396 e. The number of aliphatic hydroxyl groups excluding tert-OH is 1. The van der Waals surface area contributed by atoms with Gasteiger partial charge in [0, 0.05) is 23.2 Å². The highest BCUT2D eigenvalue weighted by molar-refractivity contribution is 9.10. The first kappa shape index (κ1) is 14.0. The predicted molar refractivity (Wildman–Crippen MR) is 78.9 cm³/mol. The molecular formula is C15H22BrNO.